The van der Waals surface area contributed by atoms with E-state index in [1.807, 2.05) is 18.2 Å². The van der Waals surface area contributed by atoms with Gasteiger partial charge in [0, 0.05) is 5.75 Å². The predicted molar refractivity (Wildman–Crippen MR) is 82.3 cm³/mol. The van der Waals surface area contributed by atoms with Crippen molar-refractivity contribution in [3.8, 4) is 11.5 Å². The lowest BCUT2D eigenvalue weighted by molar-refractivity contribution is 0.0599. The van der Waals surface area contributed by atoms with Crippen LogP contribution in [0.5, 0.6) is 11.5 Å². The second-order valence-electron chi connectivity index (χ2n) is 4.85. The molecule has 1 aromatic heterocycles. The molecule has 0 atom stereocenters. The molecule has 0 N–H and O–H groups in total. The van der Waals surface area contributed by atoms with Crippen molar-refractivity contribution >= 4 is 17.7 Å². The Labute approximate surface area is 132 Å². The summed E-state index contributed by atoms with van der Waals surface area (Å²) in [6.45, 7) is 2.05. The highest BCUT2D eigenvalue weighted by molar-refractivity contribution is 7.97. The zero-order valence-electron chi connectivity index (χ0n) is 12.4. The average molecular weight is 320 g/mol. The number of carbonyl (C=O) groups is 1. The van der Waals surface area contributed by atoms with Crippen LogP contribution >= 0.6 is 11.8 Å². The lowest BCUT2D eigenvalue weighted by Crippen LogP contribution is -2.00. The van der Waals surface area contributed by atoms with Crippen molar-refractivity contribution in [1.29, 1.82) is 0 Å². The van der Waals surface area contributed by atoms with Crippen LogP contribution in [0.4, 0.5) is 0 Å². The van der Waals surface area contributed by atoms with E-state index in [1.54, 1.807) is 24.8 Å². The number of benzene rings is 1. The quantitative estimate of drug-likeness (QED) is 0.785. The van der Waals surface area contributed by atoms with E-state index in [-0.39, 0.29) is 12.8 Å². The number of ether oxygens (including phenoxy) is 3. The van der Waals surface area contributed by atoms with Crippen molar-refractivity contribution in [3.05, 3.63) is 46.9 Å². The third kappa shape index (κ3) is 3.06. The molecule has 1 aromatic carbocycles. The minimum absolute atomic E-state index is 0.286. The minimum atomic E-state index is -0.367. The number of fused-ring (bicyclic) bond motifs is 1. The fourth-order valence-corrected chi connectivity index (χ4v) is 3.09. The topological polar surface area (TPSA) is 57.9 Å². The number of methoxy groups -OCH3 is 1. The van der Waals surface area contributed by atoms with E-state index in [1.165, 1.54) is 7.11 Å². The molecule has 5 nitrogen and oxygen atoms in total. The second kappa shape index (κ2) is 6.36. The number of thioether (sulfide) groups is 1. The summed E-state index contributed by atoms with van der Waals surface area (Å²) in [6, 6.07) is 7.68. The molecular formula is C16H16O5S. The van der Waals surface area contributed by atoms with Gasteiger partial charge in [0.25, 0.3) is 0 Å². The molecule has 0 spiro atoms. The molecule has 6 heteroatoms. The molecule has 0 saturated heterocycles. The molecule has 1 aliphatic heterocycles. The maximum atomic E-state index is 11.5. The molecule has 22 heavy (non-hydrogen) atoms. The molecule has 1 aliphatic rings. The molecule has 3 rings (SSSR count). The number of hydrogen-bond acceptors (Lipinski definition) is 6. The lowest BCUT2D eigenvalue weighted by atomic mass is 10.2. The third-order valence-corrected chi connectivity index (χ3v) is 4.35. The first-order valence-electron chi connectivity index (χ1n) is 6.81. The van der Waals surface area contributed by atoms with Crippen LogP contribution in [-0.2, 0) is 16.2 Å². The first kappa shape index (κ1) is 14.8. The van der Waals surface area contributed by atoms with Crippen molar-refractivity contribution in [3.63, 3.8) is 0 Å². The summed E-state index contributed by atoms with van der Waals surface area (Å²) in [5.41, 5.74) is 1.65. The second-order valence-corrected chi connectivity index (χ2v) is 5.84. The number of aryl methyl sites for hydroxylation is 1. The van der Waals surface area contributed by atoms with Gasteiger partial charge in [0.1, 0.15) is 17.1 Å². The SMILES string of the molecule is COC(=O)c1cc(CSCc2ccc3c(c2)OCO3)oc1C. The number of carbonyl (C=O) groups excluding carboxylic acids is 1. The van der Waals surface area contributed by atoms with Crippen LogP contribution in [0.2, 0.25) is 0 Å². The lowest BCUT2D eigenvalue weighted by Gasteiger charge is -2.02. The Kier molecular flexibility index (Phi) is 4.29. The molecule has 2 aromatic rings. The molecule has 0 amide bonds. The Morgan fingerprint density at radius 2 is 2.05 bits per heavy atom. The zero-order valence-corrected chi connectivity index (χ0v) is 13.2. The van der Waals surface area contributed by atoms with E-state index in [0.29, 0.717) is 17.1 Å². The molecule has 0 fully saturated rings. The Hall–Kier alpha value is -2.08. The van der Waals surface area contributed by atoms with Crippen LogP contribution < -0.4 is 9.47 Å². The van der Waals surface area contributed by atoms with Crippen LogP contribution in [0.3, 0.4) is 0 Å². The van der Waals surface area contributed by atoms with Crippen LogP contribution in [0, 0.1) is 6.92 Å². The van der Waals surface area contributed by atoms with Gasteiger partial charge < -0.3 is 18.6 Å². The standard InChI is InChI=1S/C16H16O5S/c1-10-13(16(17)18-2)6-12(21-10)8-22-7-11-3-4-14-15(5-11)20-9-19-14/h3-6H,7-9H2,1-2H3. The van der Waals surface area contributed by atoms with Gasteiger partial charge in [0.2, 0.25) is 6.79 Å². The fourth-order valence-electron chi connectivity index (χ4n) is 2.23. The van der Waals surface area contributed by atoms with Gasteiger partial charge in [0.15, 0.2) is 11.5 Å². The Morgan fingerprint density at radius 1 is 1.23 bits per heavy atom. The van der Waals surface area contributed by atoms with Crippen molar-refractivity contribution in [2.24, 2.45) is 0 Å². The van der Waals surface area contributed by atoms with Crippen LogP contribution in [0.1, 0.15) is 27.4 Å². The third-order valence-electron chi connectivity index (χ3n) is 3.32. The van der Waals surface area contributed by atoms with E-state index in [2.05, 4.69) is 0 Å². The van der Waals surface area contributed by atoms with E-state index in [4.69, 9.17) is 18.6 Å². The Balaban J connectivity index is 1.58. The Morgan fingerprint density at radius 3 is 2.86 bits per heavy atom. The molecule has 0 bridgehead atoms. The fraction of sp³-hybridized carbons (Fsp3) is 0.312. The number of esters is 1. The maximum absolute atomic E-state index is 11.5. The van der Waals surface area contributed by atoms with Gasteiger partial charge in [0.05, 0.1) is 12.9 Å². The molecule has 0 saturated carbocycles. The summed E-state index contributed by atoms with van der Waals surface area (Å²) >= 11 is 1.70. The summed E-state index contributed by atoms with van der Waals surface area (Å²) in [7, 11) is 1.36. The van der Waals surface area contributed by atoms with E-state index in [0.717, 1.165) is 28.6 Å². The predicted octanol–water partition coefficient (Wildman–Crippen LogP) is 3.54. The van der Waals surface area contributed by atoms with Crippen LogP contribution in [0.15, 0.2) is 28.7 Å². The highest BCUT2D eigenvalue weighted by Gasteiger charge is 2.16. The van der Waals surface area contributed by atoms with Gasteiger partial charge in [-0.05, 0) is 30.7 Å². The number of rotatable bonds is 5. The van der Waals surface area contributed by atoms with Crippen molar-refractivity contribution in [1.82, 2.24) is 0 Å². The van der Waals surface area contributed by atoms with Gasteiger partial charge >= 0.3 is 5.97 Å². The highest BCUT2D eigenvalue weighted by atomic mass is 32.2. The summed E-state index contributed by atoms with van der Waals surface area (Å²) in [5, 5.41) is 0. The van der Waals surface area contributed by atoms with Crippen molar-refractivity contribution in [2.45, 2.75) is 18.4 Å². The summed E-state index contributed by atoms with van der Waals surface area (Å²) in [6.07, 6.45) is 0. The number of furan rings is 1. The van der Waals surface area contributed by atoms with Gasteiger partial charge in [-0.25, -0.2) is 4.79 Å². The van der Waals surface area contributed by atoms with E-state index >= 15 is 0 Å². The van der Waals surface area contributed by atoms with E-state index in [9.17, 15) is 4.79 Å². The van der Waals surface area contributed by atoms with Gasteiger partial charge in [-0.15, -0.1) is 11.8 Å². The van der Waals surface area contributed by atoms with Crippen molar-refractivity contribution in [2.75, 3.05) is 13.9 Å². The molecular weight excluding hydrogens is 304 g/mol. The number of hydrogen-bond donors (Lipinski definition) is 0. The van der Waals surface area contributed by atoms with Crippen LogP contribution in [-0.4, -0.2) is 19.9 Å². The highest BCUT2D eigenvalue weighted by Crippen LogP contribution is 2.33. The minimum Gasteiger partial charge on any atom is -0.465 e. The smallest absolute Gasteiger partial charge is 0.341 e. The largest absolute Gasteiger partial charge is 0.465 e. The Bertz CT molecular complexity index is 692. The van der Waals surface area contributed by atoms with Gasteiger partial charge in [-0.1, -0.05) is 6.07 Å². The molecule has 0 unspecified atom stereocenters. The molecule has 116 valence electrons. The monoisotopic (exact) mass is 320 g/mol. The average Bonchev–Trinajstić information content (AvgIpc) is 3.12. The molecule has 0 aliphatic carbocycles. The van der Waals surface area contributed by atoms with Crippen molar-refractivity contribution < 1.29 is 23.4 Å². The normalized spacial score (nSPS) is 12.5. The molecule has 2 heterocycles. The summed E-state index contributed by atoms with van der Waals surface area (Å²) in [4.78, 5) is 11.5. The maximum Gasteiger partial charge on any atom is 0.341 e. The van der Waals surface area contributed by atoms with Gasteiger partial charge in [-0.3, -0.25) is 0 Å². The molecule has 0 radical (unpaired) electrons. The first-order chi connectivity index (χ1) is 10.7. The van der Waals surface area contributed by atoms with Crippen LogP contribution in [0.25, 0.3) is 0 Å². The first-order valence-corrected chi connectivity index (χ1v) is 7.96. The zero-order chi connectivity index (χ0) is 15.5. The van der Waals surface area contributed by atoms with Gasteiger partial charge in [-0.2, -0.15) is 0 Å². The summed E-state index contributed by atoms with van der Waals surface area (Å²) in [5.74, 6) is 4.08. The van der Waals surface area contributed by atoms with E-state index < -0.39 is 0 Å². The summed E-state index contributed by atoms with van der Waals surface area (Å²) < 4.78 is 20.9.